The summed E-state index contributed by atoms with van der Waals surface area (Å²) in [4.78, 5) is 5.85. The molecular formula is C10H18N2S. The Morgan fingerprint density at radius 3 is 2.62 bits per heavy atom. The van der Waals surface area contributed by atoms with Gasteiger partial charge in [0, 0.05) is 11.3 Å². The van der Waals surface area contributed by atoms with Crippen molar-refractivity contribution in [2.75, 3.05) is 6.54 Å². The number of rotatable bonds is 4. The fraction of sp³-hybridized carbons (Fsp3) is 0.700. The van der Waals surface area contributed by atoms with Crippen LogP contribution in [0.2, 0.25) is 0 Å². The number of nitrogens with zero attached hydrogens (tertiary/aromatic N) is 1. The molecule has 0 aliphatic heterocycles. The third kappa shape index (κ3) is 3.08. The van der Waals surface area contributed by atoms with Gasteiger partial charge in [-0.1, -0.05) is 6.92 Å². The lowest BCUT2D eigenvalue weighted by Crippen LogP contribution is -2.07. The van der Waals surface area contributed by atoms with E-state index in [2.05, 4.69) is 25.8 Å². The van der Waals surface area contributed by atoms with Crippen LogP contribution in [0.25, 0.3) is 0 Å². The van der Waals surface area contributed by atoms with E-state index in [-0.39, 0.29) is 0 Å². The smallest absolute Gasteiger partial charge is 0.0933 e. The van der Waals surface area contributed by atoms with Crippen LogP contribution in [0.5, 0.6) is 0 Å². The summed E-state index contributed by atoms with van der Waals surface area (Å²) in [6.07, 6.45) is 2.17. The molecule has 0 aliphatic rings. The Bertz CT molecular complexity index is 248. The third-order valence-electron chi connectivity index (χ3n) is 2.26. The predicted octanol–water partition coefficient (Wildman–Crippen LogP) is 2.29. The average molecular weight is 198 g/mol. The van der Waals surface area contributed by atoms with Gasteiger partial charge in [-0.3, -0.25) is 0 Å². The summed E-state index contributed by atoms with van der Waals surface area (Å²) in [5.74, 6) is 0.662. The summed E-state index contributed by atoms with van der Waals surface area (Å²) in [6, 6.07) is 0. The zero-order chi connectivity index (χ0) is 9.84. The van der Waals surface area contributed by atoms with Crippen molar-refractivity contribution in [1.82, 2.24) is 4.98 Å². The Hall–Kier alpha value is -0.410. The van der Waals surface area contributed by atoms with E-state index in [1.165, 1.54) is 15.6 Å². The minimum Gasteiger partial charge on any atom is -0.330 e. The van der Waals surface area contributed by atoms with E-state index < -0.39 is 0 Å². The predicted molar refractivity (Wildman–Crippen MR) is 58.1 cm³/mol. The standard InChI is InChI=1S/C10H18N2S/c1-7(4-5-11)6-10-12-8(2)9(3)13-10/h7H,4-6,11H2,1-3H3. The molecule has 1 unspecified atom stereocenters. The number of hydrogen-bond acceptors (Lipinski definition) is 3. The Labute approximate surface area is 84.2 Å². The first kappa shape index (κ1) is 10.7. The lowest BCUT2D eigenvalue weighted by atomic mass is 10.1. The molecule has 13 heavy (non-hydrogen) atoms. The molecule has 0 aliphatic carbocycles. The van der Waals surface area contributed by atoms with Crippen molar-refractivity contribution in [1.29, 1.82) is 0 Å². The summed E-state index contributed by atoms with van der Waals surface area (Å²) in [7, 11) is 0. The SMILES string of the molecule is Cc1nc(CC(C)CCN)sc1C. The van der Waals surface area contributed by atoms with Gasteiger partial charge in [0.05, 0.1) is 10.7 Å². The molecule has 0 fully saturated rings. The lowest BCUT2D eigenvalue weighted by Gasteiger charge is -2.06. The highest BCUT2D eigenvalue weighted by Crippen LogP contribution is 2.20. The van der Waals surface area contributed by atoms with Gasteiger partial charge in [0.25, 0.3) is 0 Å². The van der Waals surface area contributed by atoms with Gasteiger partial charge in [-0.05, 0) is 32.7 Å². The van der Waals surface area contributed by atoms with Crippen LogP contribution in [0.15, 0.2) is 0 Å². The first-order chi connectivity index (χ1) is 6.13. The quantitative estimate of drug-likeness (QED) is 0.806. The van der Waals surface area contributed by atoms with E-state index >= 15 is 0 Å². The summed E-state index contributed by atoms with van der Waals surface area (Å²) in [5.41, 5.74) is 6.68. The van der Waals surface area contributed by atoms with Gasteiger partial charge in [0.15, 0.2) is 0 Å². The van der Waals surface area contributed by atoms with E-state index in [0.717, 1.165) is 19.4 Å². The molecule has 0 amide bonds. The van der Waals surface area contributed by atoms with Crippen molar-refractivity contribution in [2.45, 2.75) is 33.6 Å². The van der Waals surface area contributed by atoms with Crippen molar-refractivity contribution in [3.8, 4) is 0 Å². The number of hydrogen-bond donors (Lipinski definition) is 1. The molecule has 2 N–H and O–H groups in total. The maximum atomic E-state index is 5.50. The normalized spacial score (nSPS) is 13.2. The largest absolute Gasteiger partial charge is 0.330 e. The molecule has 74 valence electrons. The maximum Gasteiger partial charge on any atom is 0.0933 e. The molecule has 3 heteroatoms. The zero-order valence-corrected chi connectivity index (χ0v) is 9.45. The highest BCUT2D eigenvalue weighted by molar-refractivity contribution is 7.11. The van der Waals surface area contributed by atoms with E-state index in [4.69, 9.17) is 5.73 Å². The summed E-state index contributed by atoms with van der Waals surface area (Å²) in [5, 5.41) is 1.26. The molecule has 1 rings (SSSR count). The average Bonchev–Trinajstić information content (AvgIpc) is 2.31. The second-order valence-electron chi connectivity index (χ2n) is 3.64. The Morgan fingerprint density at radius 2 is 2.15 bits per heavy atom. The molecule has 0 spiro atoms. The molecule has 0 saturated carbocycles. The van der Waals surface area contributed by atoms with Crippen LogP contribution in [0.1, 0.15) is 28.9 Å². The van der Waals surface area contributed by atoms with Crippen LogP contribution in [0.3, 0.4) is 0 Å². The van der Waals surface area contributed by atoms with Crippen molar-refractivity contribution >= 4 is 11.3 Å². The highest BCUT2D eigenvalue weighted by atomic mass is 32.1. The highest BCUT2D eigenvalue weighted by Gasteiger charge is 2.07. The van der Waals surface area contributed by atoms with Gasteiger partial charge < -0.3 is 5.73 Å². The van der Waals surface area contributed by atoms with Crippen molar-refractivity contribution < 1.29 is 0 Å². The number of aryl methyl sites for hydroxylation is 2. The van der Waals surface area contributed by atoms with Gasteiger partial charge in [0.2, 0.25) is 0 Å². The first-order valence-electron chi connectivity index (χ1n) is 4.76. The molecule has 0 aromatic carbocycles. The number of thiazole rings is 1. The van der Waals surface area contributed by atoms with Crippen LogP contribution >= 0.6 is 11.3 Å². The van der Waals surface area contributed by atoms with Gasteiger partial charge >= 0.3 is 0 Å². The zero-order valence-electron chi connectivity index (χ0n) is 8.63. The second-order valence-corrected chi connectivity index (χ2v) is 4.92. The van der Waals surface area contributed by atoms with Crippen LogP contribution in [-0.4, -0.2) is 11.5 Å². The number of nitrogens with two attached hydrogens (primary N) is 1. The minimum atomic E-state index is 0.662. The van der Waals surface area contributed by atoms with E-state index in [1.54, 1.807) is 0 Å². The topological polar surface area (TPSA) is 38.9 Å². The van der Waals surface area contributed by atoms with Crippen LogP contribution in [-0.2, 0) is 6.42 Å². The molecule has 0 radical (unpaired) electrons. The second kappa shape index (κ2) is 4.72. The Morgan fingerprint density at radius 1 is 1.46 bits per heavy atom. The van der Waals surface area contributed by atoms with Crippen LogP contribution in [0.4, 0.5) is 0 Å². The van der Waals surface area contributed by atoms with Crippen molar-refractivity contribution in [3.63, 3.8) is 0 Å². The first-order valence-corrected chi connectivity index (χ1v) is 5.58. The van der Waals surface area contributed by atoms with E-state index in [1.807, 2.05) is 11.3 Å². The Kier molecular flexibility index (Phi) is 3.88. The molecule has 1 aromatic heterocycles. The molecule has 1 heterocycles. The summed E-state index contributed by atoms with van der Waals surface area (Å²) in [6.45, 7) is 7.22. The van der Waals surface area contributed by atoms with Gasteiger partial charge in [-0.15, -0.1) is 11.3 Å². The minimum absolute atomic E-state index is 0.662. The summed E-state index contributed by atoms with van der Waals surface area (Å²) >= 11 is 1.82. The molecule has 0 bridgehead atoms. The molecule has 1 aromatic rings. The van der Waals surface area contributed by atoms with Crippen LogP contribution < -0.4 is 5.73 Å². The van der Waals surface area contributed by atoms with E-state index in [0.29, 0.717) is 5.92 Å². The van der Waals surface area contributed by atoms with E-state index in [9.17, 15) is 0 Å². The summed E-state index contributed by atoms with van der Waals surface area (Å²) < 4.78 is 0. The van der Waals surface area contributed by atoms with Gasteiger partial charge in [0.1, 0.15) is 0 Å². The molecule has 1 atom stereocenters. The van der Waals surface area contributed by atoms with Gasteiger partial charge in [-0.2, -0.15) is 0 Å². The Balaban J connectivity index is 2.53. The van der Waals surface area contributed by atoms with Crippen molar-refractivity contribution in [3.05, 3.63) is 15.6 Å². The van der Waals surface area contributed by atoms with Gasteiger partial charge in [-0.25, -0.2) is 4.98 Å². The monoisotopic (exact) mass is 198 g/mol. The molecular weight excluding hydrogens is 180 g/mol. The maximum absolute atomic E-state index is 5.50. The molecule has 2 nitrogen and oxygen atoms in total. The fourth-order valence-electron chi connectivity index (χ4n) is 1.31. The lowest BCUT2D eigenvalue weighted by molar-refractivity contribution is 0.537. The van der Waals surface area contributed by atoms with Crippen LogP contribution in [0, 0.1) is 19.8 Å². The fourth-order valence-corrected chi connectivity index (χ4v) is 2.41. The molecule has 0 saturated heterocycles. The number of aromatic nitrogens is 1. The van der Waals surface area contributed by atoms with Crippen molar-refractivity contribution in [2.24, 2.45) is 11.7 Å². The third-order valence-corrected chi connectivity index (χ3v) is 3.35.